The van der Waals surface area contributed by atoms with Crippen LogP contribution in [0.4, 0.5) is 0 Å². The summed E-state index contributed by atoms with van der Waals surface area (Å²) in [7, 11) is 0. The van der Waals surface area contributed by atoms with E-state index in [4.69, 9.17) is 5.73 Å². The largest absolute Gasteiger partial charge is 0.355 e. The van der Waals surface area contributed by atoms with Crippen LogP contribution >= 0.6 is 0 Å². The van der Waals surface area contributed by atoms with Crippen LogP contribution in [0.2, 0.25) is 0 Å². The van der Waals surface area contributed by atoms with Crippen LogP contribution in [0.5, 0.6) is 0 Å². The maximum Gasteiger partial charge on any atom is 0.236 e. The van der Waals surface area contributed by atoms with E-state index >= 15 is 0 Å². The summed E-state index contributed by atoms with van der Waals surface area (Å²) < 4.78 is 0. The van der Waals surface area contributed by atoms with Crippen LogP contribution in [-0.4, -0.2) is 18.5 Å². The van der Waals surface area contributed by atoms with Gasteiger partial charge in [0.2, 0.25) is 5.91 Å². The maximum absolute atomic E-state index is 11.2. The predicted octanol–water partition coefficient (Wildman–Crippen LogP) is 0.784. The van der Waals surface area contributed by atoms with Crippen molar-refractivity contribution < 1.29 is 4.79 Å². The summed E-state index contributed by atoms with van der Waals surface area (Å²) in [5.74, 6) is 0.0249. The lowest BCUT2D eigenvalue weighted by atomic mass is 10.0. The molecule has 1 aliphatic heterocycles. The minimum Gasteiger partial charge on any atom is -0.355 e. The Morgan fingerprint density at radius 1 is 1.17 bits per heavy atom. The topological polar surface area (TPSA) is 55.1 Å². The third-order valence-corrected chi connectivity index (χ3v) is 2.33. The molecule has 0 bridgehead atoms. The highest BCUT2D eigenvalue weighted by Crippen LogP contribution is 2.08. The van der Waals surface area contributed by atoms with Crippen molar-refractivity contribution in [3.05, 3.63) is 0 Å². The minimum absolute atomic E-state index is 0.0249. The molecular formula is C9H18N2O. The number of amides is 1. The smallest absolute Gasteiger partial charge is 0.236 e. The summed E-state index contributed by atoms with van der Waals surface area (Å²) in [4.78, 5) is 11.2. The number of carbonyl (C=O) groups is 1. The minimum atomic E-state index is -0.275. The standard InChI is InChI=1S/C9H18N2O/c10-8-6-4-2-1-3-5-7-11-9(8)12/h8H,1-7,10H2,(H,11,12). The van der Waals surface area contributed by atoms with E-state index in [1.54, 1.807) is 0 Å². The zero-order valence-electron chi connectivity index (χ0n) is 7.51. The lowest BCUT2D eigenvalue weighted by molar-refractivity contribution is -0.122. The van der Waals surface area contributed by atoms with Gasteiger partial charge in [-0.3, -0.25) is 4.79 Å². The molecule has 0 spiro atoms. The van der Waals surface area contributed by atoms with Crippen LogP contribution in [0, 0.1) is 0 Å². The van der Waals surface area contributed by atoms with Gasteiger partial charge in [0.15, 0.2) is 0 Å². The molecule has 1 heterocycles. The number of hydrogen-bond donors (Lipinski definition) is 2. The molecule has 0 aliphatic carbocycles. The molecule has 1 fully saturated rings. The summed E-state index contributed by atoms with van der Waals surface area (Å²) in [5.41, 5.74) is 5.66. The van der Waals surface area contributed by atoms with E-state index in [2.05, 4.69) is 5.32 Å². The van der Waals surface area contributed by atoms with Gasteiger partial charge in [0.1, 0.15) is 0 Å². The second kappa shape index (κ2) is 5.14. The van der Waals surface area contributed by atoms with Crippen LogP contribution in [0.1, 0.15) is 38.5 Å². The summed E-state index contributed by atoms with van der Waals surface area (Å²) in [6, 6.07) is -0.275. The van der Waals surface area contributed by atoms with Crippen molar-refractivity contribution in [1.82, 2.24) is 5.32 Å². The molecule has 1 saturated heterocycles. The monoisotopic (exact) mass is 170 g/mol. The summed E-state index contributed by atoms with van der Waals surface area (Å²) in [6.45, 7) is 0.798. The zero-order chi connectivity index (χ0) is 8.81. The van der Waals surface area contributed by atoms with Gasteiger partial charge in [0, 0.05) is 6.54 Å². The Morgan fingerprint density at radius 2 is 1.83 bits per heavy atom. The highest BCUT2D eigenvalue weighted by Gasteiger charge is 2.12. The van der Waals surface area contributed by atoms with Crippen molar-refractivity contribution in [2.45, 2.75) is 44.6 Å². The van der Waals surface area contributed by atoms with Crippen LogP contribution in [-0.2, 0) is 4.79 Å². The fraction of sp³-hybridized carbons (Fsp3) is 0.889. The lowest BCUT2D eigenvalue weighted by Gasteiger charge is -2.13. The van der Waals surface area contributed by atoms with Crippen molar-refractivity contribution in [1.29, 1.82) is 0 Å². The first-order valence-corrected chi connectivity index (χ1v) is 4.84. The van der Waals surface area contributed by atoms with Crippen molar-refractivity contribution >= 4 is 5.91 Å². The van der Waals surface area contributed by atoms with E-state index in [0.717, 1.165) is 25.8 Å². The van der Waals surface area contributed by atoms with Crippen molar-refractivity contribution in [3.8, 4) is 0 Å². The molecule has 3 heteroatoms. The van der Waals surface area contributed by atoms with E-state index in [9.17, 15) is 4.79 Å². The normalized spacial score (nSPS) is 27.8. The molecule has 1 unspecified atom stereocenters. The van der Waals surface area contributed by atoms with Gasteiger partial charge in [0.25, 0.3) is 0 Å². The van der Waals surface area contributed by atoms with Gasteiger partial charge >= 0.3 is 0 Å². The Balaban J connectivity index is 2.31. The van der Waals surface area contributed by atoms with Crippen LogP contribution < -0.4 is 11.1 Å². The fourth-order valence-corrected chi connectivity index (χ4v) is 1.49. The molecule has 1 rings (SSSR count). The van der Waals surface area contributed by atoms with Gasteiger partial charge in [-0.2, -0.15) is 0 Å². The van der Waals surface area contributed by atoms with Crippen LogP contribution in [0.3, 0.4) is 0 Å². The van der Waals surface area contributed by atoms with Gasteiger partial charge in [0.05, 0.1) is 6.04 Å². The molecule has 1 atom stereocenters. The molecular weight excluding hydrogens is 152 g/mol. The van der Waals surface area contributed by atoms with E-state index in [1.807, 2.05) is 0 Å². The molecule has 0 aromatic rings. The number of hydrogen-bond acceptors (Lipinski definition) is 2. The molecule has 1 aliphatic rings. The number of nitrogens with two attached hydrogens (primary N) is 1. The third-order valence-electron chi connectivity index (χ3n) is 2.33. The Morgan fingerprint density at radius 3 is 2.67 bits per heavy atom. The first-order valence-electron chi connectivity index (χ1n) is 4.84. The molecule has 3 nitrogen and oxygen atoms in total. The van der Waals surface area contributed by atoms with Gasteiger partial charge in [-0.05, 0) is 12.8 Å². The highest BCUT2D eigenvalue weighted by atomic mass is 16.2. The number of carbonyl (C=O) groups excluding carboxylic acids is 1. The maximum atomic E-state index is 11.2. The third kappa shape index (κ3) is 3.22. The molecule has 70 valence electrons. The van der Waals surface area contributed by atoms with Crippen molar-refractivity contribution in [3.63, 3.8) is 0 Å². The second-order valence-corrected chi connectivity index (χ2v) is 3.45. The summed E-state index contributed by atoms with van der Waals surface area (Å²) >= 11 is 0. The molecule has 12 heavy (non-hydrogen) atoms. The molecule has 0 saturated carbocycles. The number of rotatable bonds is 0. The SMILES string of the molecule is NC1CCCCCCCNC1=O. The van der Waals surface area contributed by atoms with E-state index in [1.165, 1.54) is 19.3 Å². The quantitative estimate of drug-likeness (QED) is 0.564. The fourth-order valence-electron chi connectivity index (χ4n) is 1.49. The van der Waals surface area contributed by atoms with Gasteiger partial charge in [-0.1, -0.05) is 25.7 Å². The van der Waals surface area contributed by atoms with E-state index in [0.29, 0.717) is 0 Å². The predicted molar refractivity (Wildman–Crippen MR) is 48.7 cm³/mol. The Labute approximate surface area is 73.7 Å². The zero-order valence-corrected chi connectivity index (χ0v) is 7.51. The highest BCUT2D eigenvalue weighted by molar-refractivity contribution is 5.81. The van der Waals surface area contributed by atoms with Crippen molar-refractivity contribution in [2.75, 3.05) is 6.54 Å². The molecule has 1 amide bonds. The second-order valence-electron chi connectivity index (χ2n) is 3.45. The average molecular weight is 170 g/mol. The van der Waals surface area contributed by atoms with Crippen LogP contribution in [0.15, 0.2) is 0 Å². The molecule has 0 radical (unpaired) electrons. The first kappa shape index (κ1) is 9.52. The Bertz CT molecular complexity index is 147. The molecule has 3 N–H and O–H groups in total. The molecule has 0 aromatic carbocycles. The summed E-state index contributed by atoms with van der Waals surface area (Å²) in [6.07, 6.45) is 6.76. The Kier molecular flexibility index (Phi) is 4.08. The van der Waals surface area contributed by atoms with E-state index in [-0.39, 0.29) is 11.9 Å². The average Bonchev–Trinajstić information content (AvgIpc) is 2.08. The lowest BCUT2D eigenvalue weighted by Crippen LogP contribution is -2.41. The molecule has 0 aromatic heterocycles. The van der Waals surface area contributed by atoms with Gasteiger partial charge in [-0.25, -0.2) is 0 Å². The van der Waals surface area contributed by atoms with Gasteiger partial charge in [-0.15, -0.1) is 0 Å². The summed E-state index contributed by atoms with van der Waals surface area (Å²) in [5, 5.41) is 2.84. The van der Waals surface area contributed by atoms with E-state index < -0.39 is 0 Å². The number of nitrogens with one attached hydrogen (secondary N) is 1. The Hall–Kier alpha value is -0.570. The van der Waals surface area contributed by atoms with Crippen molar-refractivity contribution in [2.24, 2.45) is 5.73 Å². The van der Waals surface area contributed by atoms with Crippen LogP contribution in [0.25, 0.3) is 0 Å². The van der Waals surface area contributed by atoms with Gasteiger partial charge < -0.3 is 11.1 Å². The first-order chi connectivity index (χ1) is 5.80.